The number of unbranched alkanes of at least 4 members (excludes halogenated alkanes) is 5. The number of hydrogen-bond acceptors (Lipinski definition) is 1. The number of hydrogen-bond donors (Lipinski definition) is 0. The van der Waals surface area contributed by atoms with E-state index in [0.29, 0.717) is 11.5 Å². The quantitative estimate of drug-likeness (QED) is 0.338. The van der Waals surface area contributed by atoms with Crippen LogP contribution in [-0.2, 0) is 6.42 Å². The van der Waals surface area contributed by atoms with Crippen LogP contribution < -0.4 is 0 Å². The molecule has 0 bridgehead atoms. The fourth-order valence-corrected chi connectivity index (χ4v) is 5.03. The van der Waals surface area contributed by atoms with Crippen LogP contribution in [0, 0.1) is 11.7 Å². The summed E-state index contributed by atoms with van der Waals surface area (Å²) in [6, 6.07) is 9.90. The molecule has 1 saturated carbocycles. The molecule has 1 aromatic carbocycles. The summed E-state index contributed by atoms with van der Waals surface area (Å²) in [5.41, 5.74) is 3.81. The Labute approximate surface area is 183 Å². The molecule has 0 unspecified atom stereocenters. The maximum Gasteiger partial charge on any atom is 0.132 e. The Kier molecular flexibility index (Phi) is 9.36. The normalized spacial score (nSPS) is 19.2. The van der Waals surface area contributed by atoms with Gasteiger partial charge in [0.1, 0.15) is 5.82 Å². The highest BCUT2D eigenvalue weighted by molar-refractivity contribution is 5.60. The van der Waals surface area contributed by atoms with Gasteiger partial charge in [0.2, 0.25) is 0 Å². The van der Waals surface area contributed by atoms with Crippen molar-refractivity contribution in [3.8, 4) is 11.3 Å². The second-order valence-corrected chi connectivity index (χ2v) is 9.32. The molecule has 1 heterocycles. The van der Waals surface area contributed by atoms with Crippen LogP contribution in [0.4, 0.5) is 4.39 Å². The molecule has 1 aliphatic carbocycles. The molecule has 1 aromatic heterocycles. The summed E-state index contributed by atoms with van der Waals surface area (Å²) >= 11 is 0. The van der Waals surface area contributed by atoms with Crippen molar-refractivity contribution in [3.63, 3.8) is 0 Å². The van der Waals surface area contributed by atoms with Crippen LogP contribution in [0.1, 0.15) is 108 Å². The van der Waals surface area contributed by atoms with Crippen molar-refractivity contribution >= 4 is 0 Å². The molecule has 1 nitrogen and oxygen atoms in total. The summed E-state index contributed by atoms with van der Waals surface area (Å²) in [4.78, 5) is 4.63. The lowest BCUT2D eigenvalue weighted by Crippen LogP contribution is -2.13. The molecule has 2 heteroatoms. The van der Waals surface area contributed by atoms with Gasteiger partial charge < -0.3 is 0 Å². The number of aromatic nitrogens is 1. The van der Waals surface area contributed by atoms with E-state index in [4.69, 9.17) is 0 Å². The van der Waals surface area contributed by atoms with E-state index >= 15 is 0 Å². The van der Waals surface area contributed by atoms with Crippen LogP contribution in [0.15, 0.2) is 36.5 Å². The lowest BCUT2D eigenvalue weighted by molar-refractivity contribution is 0.308. The van der Waals surface area contributed by atoms with Gasteiger partial charge in [-0.25, -0.2) is 4.39 Å². The largest absolute Gasteiger partial charge is 0.256 e. The van der Waals surface area contributed by atoms with Gasteiger partial charge in [-0.15, -0.1) is 0 Å². The van der Waals surface area contributed by atoms with Gasteiger partial charge in [-0.1, -0.05) is 70.9 Å². The Morgan fingerprint density at radius 1 is 0.867 bits per heavy atom. The third-order valence-corrected chi connectivity index (χ3v) is 6.93. The summed E-state index contributed by atoms with van der Waals surface area (Å²) in [5.74, 6) is 1.41. The topological polar surface area (TPSA) is 12.9 Å². The Balaban J connectivity index is 1.53. The van der Waals surface area contributed by atoms with Crippen LogP contribution in [0.3, 0.4) is 0 Å². The molecule has 0 radical (unpaired) electrons. The van der Waals surface area contributed by atoms with Crippen LogP contribution >= 0.6 is 0 Å². The van der Waals surface area contributed by atoms with Crippen molar-refractivity contribution in [3.05, 3.63) is 53.5 Å². The minimum atomic E-state index is -0.140. The highest BCUT2D eigenvalue weighted by atomic mass is 19.1. The van der Waals surface area contributed by atoms with Gasteiger partial charge in [0.25, 0.3) is 0 Å². The minimum absolute atomic E-state index is 0.140. The Morgan fingerprint density at radius 2 is 1.63 bits per heavy atom. The zero-order valence-corrected chi connectivity index (χ0v) is 19.1. The van der Waals surface area contributed by atoms with Gasteiger partial charge in [-0.2, -0.15) is 0 Å². The van der Waals surface area contributed by atoms with E-state index in [9.17, 15) is 4.39 Å². The van der Waals surface area contributed by atoms with Crippen LogP contribution in [0.2, 0.25) is 0 Å². The monoisotopic (exact) mass is 409 g/mol. The molecule has 0 amide bonds. The number of rotatable bonds is 11. The molecule has 0 saturated heterocycles. The fourth-order valence-electron chi connectivity index (χ4n) is 5.03. The zero-order chi connectivity index (χ0) is 21.2. The third-order valence-electron chi connectivity index (χ3n) is 6.93. The van der Waals surface area contributed by atoms with Crippen molar-refractivity contribution in [1.29, 1.82) is 0 Å². The predicted octanol–water partition coefficient (Wildman–Crippen LogP) is 8.86. The van der Waals surface area contributed by atoms with Crippen molar-refractivity contribution in [2.45, 2.75) is 103 Å². The summed E-state index contributed by atoms with van der Waals surface area (Å²) in [6.07, 6.45) is 18.5. The smallest absolute Gasteiger partial charge is 0.132 e. The van der Waals surface area contributed by atoms with Gasteiger partial charge in [0.15, 0.2) is 0 Å². The number of pyridine rings is 1. The number of benzene rings is 1. The van der Waals surface area contributed by atoms with E-state index in [-0.39, 0.29) is 5.82 Å². The van der Waals surface area contributed by atoms with E-state index in [0.717, 1.165) is 30.0 Å². The predicted molar refractivity (Wildman–Crippen MR) is 126 cm³/mol. The number of halogens is 1. The molecule has 0 spiro atoms. The maximum absolute atomic E-state index is 14.7. The summed E-state index contributed by atoms with van der Waals surface area (Å²) in [7, 11) is 0. The van der Waals surface area contributed by atoms with E-state index < -0.39 is 0 Å². The molecule has 164 valence electrons. The molecular formula is C28H40FN. The molecule has 3 rings (SSSR count). The zero-order valence-electron chi connectivity index (χ0n) is 19.1. The Hall–Kier alpha value is -1.70. The van der Waals surface area contributed by atoms with E-state index in [1.54, 1.807) is 6.07 Å². The van der Waals surface area contributed by atoms with Gasteiger partial charge in [0, 0.05) is 11.8 Å². The van der Waals surface area contributed by atoms with E-state index in [2.05, 4.69) is 31.0 Å². The first-order chi connectivity index (χ1) is 14.7. The molecule has 2 aromatic rings. The average Bonchev–Trinajstić information content (AvgIpc) is 2.77. The standard InChI is InChI=1S/C28H40FN/c1-3-5-6-7-8-9-11-23-14-18-26(27(29)20-23)28-19-17-25(21-30-28)24-15-12-22(10-4-2)13-16-24/h14,17-22,24H,3-13,15-16H2,1-2H3. The van der Waals surface area contributed by atoms with Crippen LogP contribution in [-0.4, -0.2) is 4.98 Å². The molecule has 0 atom stereocenters. The summed E-state index contributed by atoms with van der Waals surface area (Å²) in [5, 5.41) is 0. The highest BCUT2D eigenvalue weighted by Gasteiger charge is 2.22. The first-order valence-corrected chi connectivity index (χ1v) is 12.5. The lowest BCUT2D eigenvalue weighted by Gasteiger charge is -2.28. The average molecular weight is 410 g/mol. The van der Waals surface area contributed by atoms with Gasteiger partial charge in [-0.05, 0) is 79.7 Å². The van der Waals surface area contributed by atoms with Crippen LogP contribution in [0.25, 0.3) is 11.3 Å². The minimum Gasteiger partial charge on any atom is -0.256 e. The van der Waals surface area contributed by atoms with Crippen molar-refractivity contribution in [1.82, 2.24) is 4.98 Å². The number of aryl methyl sites for hydroxylation is 1. The second kappa shape index (κ2) is 12.2. The number of nitrogens with zero attached hydrogens (tertiary/aromatic N) is 1. The summed E-state index contributed by atoms with van der Waals surface area (Å²) in [6.45, 7) is 4.53. The SMILES string of the molecule is CCCCCCCCc1ccc(-c2ccc(C3CCC(CCC)CC3)cn2)c(F)c1. The van der Waals surface area contributed by atoms with E-state index in [1.807, 2.05) is 18.3 Å². The molecule has 0 aliphatic heterocycles. The molecular weight excluding hydrogens is 369 g/mol. The Morgan fingerprint density at radius 3 is 2.30 bits per heavy atom. The van der Waals surface area contributed by atoms with Crippen molar-refractivity contribution in [2.75, 3.05) is 0 Å². The first-order valence-electron chi connectivity index (χ1n) is 12.5. The summed E-state index contributed by atoms with van der Waals surface area (Å²) < 4.78 is 14.7. The lowest BCUT2D eigenvalue weighted by atomic mass is 9.77. The third kappa shape index (κ3) is 6.65. The van der Waals surface area contributed by atoms with Gasteiger partial charge in [-0.3, -0.25) is 4.98 Å². The molecule has 0 N–H and O–H groups in total. The van der Waals surface area contributed by atoms with Crippen molar-refractivity contribution < 1.29 is 4.39 Å². The molecule has 1 aliphatic rings. The second-order valence-electron chi connectivity index (χ2n) is 9.32. The van der Waals surface area contributed by atoms with Gasteiger partial charge in [0.05, 0.1) is 5.69 Å². The van der Waals surface area contributed by atoms with Crippen LogP contribution in [0.5, 0.6) is 0 Å². The highest BCUT2D eigenvalue weighted by Crippen LogP contribution is 2.37. The fraction of sp³-hybridized carbons (Fsp3) is 0.607. The molecule has 30 heavy (non-hydrogen) atoms. The van der Waals surface area contributed by atoms with Crippen molar-refractivity contribution in [2.24, 2.45) is 5.92 Å². The van der Waals surface area contributed by atoms with E-state index in [1.165, 1.54) is 76.2 Å². The molecule has 1 fully saturated rings. The Bertz CT molecular complexity index is 744. The maximum atomic E-state index is 14.7. The first kappa shape index (κ1) is 23.0. The van der Waals surface area contributed by atoms with Gasteiger partial charge >= 0.3 is 0 Å².